The number of aromatic nitrogens is 2. The maximum atomic E-state index is 5.40. The van der Waals surface area contributed by atoms with Crippen molar-refractivity contribution in [1.82, 2.24) is 15.5 Å². The number of nitrogens with zero attached hydrogens (tertiary/aromatic N) is 3. The first-order chi connectivity index (χ1) is 9.94. The van der Waals surface area contributed by atoms with Gasteiger partial charge in [0.2, 0.25) is 0 Å². The highest BCUT2D eigenvalue weighted by Gasteiger charge is 2.17. The van der Waals surface area contributed by atoms with Crippen LogP contribution in [0.1, 0.15) is 39.3 Å². The number of hydrogen-bond acceptors (Lipinski definition) is 5. The van der Waals surface area contributed by atoms with Gasteiger partial charge in [0.1, 0.15) is 0 Å². The Morgan fingerprint density at radius 1 is 1.24 bits per heavy atom. The van der Waals surface area contributed by atoms with E-state index in [1.165, 1.54) is 0 Å². The van der Waals surface area contributed by atoms with Crippen LogP contribution < -0.4 is 10.2 Å². The van der Waals surface area contributed by atoms with E-state index in [0.29, 0.717) is 5.92 Å². The maximum absolute atomic E-state index is 5.40. The van der Waals surface area contributed by atoms with E-state index in [0.717, 1.165) is 50.7 Å². The van der Waals surface area contributed by atoms with Crippen LogP contribution in [0, 0.1) is 5.92 Å². The zero-order chi connectivity index (χ0) is 15.3. The van der Waals surface area contributed by atoms with E-state index >= 15 is 0 Å². The molecule has 1 fully saturated rings. The van der Waals surface area contributed by atoms with Gasteiger partial charge in [-0.15, -0.1) is 5.10 Å². The van der Waals surface area contributed by atoms with Crippen LogP contribution in [-0.4, -0.2) is 42.5 Å². The lowest BCUT2D eigenvalue weighted by molar-refractivity contribution is 0.0685. The van der Waals surface area contributed by atoms with Crippen molar-refractivity contribution in [1.29, 1.82) is 0 Å². The van der Waals surface area contributed by atoms with E-state index in [9.17, 15) is 0 Å². The largest absolute Gasteiger partial charge is 0.381 e. The summed E-state index contributed by atoms with van der Waals surface area (Å²) in [6, 6.07) is 4.12. The molecule has 0 aliphatic carbocycles. The van der Waals surface area contributed by atoms with Gasteiger partial charge in [0.25, 0.3) is 0 Å². The van der Waals surface area contributed by atoms with Gasteiger partial charge in [0, 0.05) is 38.9 Å². The topological polar surface area (TPSA) is 50.3 Å². The Balaban J connectivity index is 1.85. The molecule has 0 spiro atoms. The Labute approximate surface area is 128 Å². The lowest BCUT2D eigenvalue weighted by Crippen LogP contribution is -2.35. The van der Waals surface area contributed by atoms with Crippen LogP contribution >= 0.6 is 0 Å². The standard InChI is InChI=1S/C16H28N4O/c1-16(2,3)17-11-14-5-6-15(19-18-14)20(4)12-13-7-9-21-10-8-13/h5-6,13,17H,7-12H2,1-4H3. The lowest BCUT2D eigenvalue weighted by atomic mass is 10.00. The predicted molar refractivity (Wildman–Crippen MR) is 85.4 cm³/mol. The summed E-state index contributed by atoms with van der Waals surface area (Å²) in [6.45, 7) is 10.0. The summed E-state index contributed by atoms with van der Waals surface area (Å²) < 4.78 is 5.40. The van der Waals surface area contributed by atoms with Crippen molar-refractivity contribution in [2.45, 2.75) is 45.7 Å². The van der Waals surface area contributed by atoms with Crippen molar-refractivity contribution in [2.24, 2.45) is 5.92 Å². The average Bonchev–Trinajstić information content (AvgIpc) is 2.46. The molecule has 5 heteroatoms. The maximum Gasteiger partial charge on any atom is 0.150 e. The Bertz CT molecular complexity index is 421. The fourth-order valence-corrected chi connectivity index (χ4v) is 2.42. The minimum Gasteiger partial charge on any atom is -0.381 e. The molecule has 0 radical (unpaired) electrons. The van der Waals surface area contributed by atoms with Crippen LogP contribution in [0.4, 0.5) is 5.82 Å². The minimum absolute atomic E-state index is 0.0974. The second-order valence-corrected chi connectivity index (χ2v) is 6.92. The SMILES string of the molecule is CN(CC1CCOCC1)c1ccc(CNC(C)(C)C)nn1. The van der Waals surface area contributed by atoms with Crippen LogP contribution in [0.2, 0.25) is 0 Å². The molecule has 0 atom stereocenters. The van der Waals surface area contributed by atoms with Crippen LogP contribution in [0.15, 0.2) is 12.1 Å². The lowest BCUT2D eigenvalue weighted by Gasteiger charge is -2.27. The van der Waals surface area contributed by atoms with Crippen molar-refractivity contribution in [3.63, 3.8) is 0 Å². The third-order valence-corrected chi connectivity index (χ3v) is 3.77. The van der Waals surface area contributed by atoms with Gasteiger partial charge in [-0.2, -0.15) is 5.10 Å². The third kappa shape index (κ3) is 5.59. The number of hydrogen-bond donors (Lipinski definition) is 1. The summed E-state index contributed by atoms with van der Waals surface area (Å²) in [4.78, 5) is 2.20. The van der Waals surface area contributed by atoms with Gasteiger partial charge in [0.05, 0.1) is 5.69 Å². The monoisotopic (exact) mass is 292 g/mol. The normalized spacial score (nSPS) is 17.0. The molecule has 118 valence electrons. The number of nitrogens with one attached hydrogen (secondary N) is 1. The van der Waals surface area contributed by atoms with E-state index < -0.39 is 0 Å². The second-order valence-electron chi connectivity index (χ2n) is 6.92. The smallest absolute Gasteiger partial charge is 0.150 e. The first kappa shape index (κ1) is 16.2. The molecule has 0 bridgehead atoms. The molecule has 1 saturated heterocycles. The summed E-state index contributed by atoms with van der Waals surface area (Å²) in [5, 5.41) is 12.1. The highest BCUT2D eigenvalue weighted by Crippen LogP contribution is 2.18. The van der Waals surface area contributed by atoms with Gasteiger partial charge in [-0.1, -0.05) is 0 Å². The quantitative estimate of drug-likeness (QED) is 0.902. The zero-order valence-corrected chi connectivity index (χ0v) is 13.7. The summed E-state index contributed by atoms with van der Waals surface area (Å²) in [7, 11) is 2.09. The Morgan fingerprint density at radius 3 is 2.52 bits per heavy atom. The van der Waals surface area contributed by atoms with E-state index in [4.69, 9.17) is 4.74 Å². The zero-order valence-electron chi connectivity index (χ0n) is 13.7. The van der Waals surface area contributed by atoms with E-state index in [-0.39, 0.29) is 5.54 Å². The first-order valence-corrected chi connectivity index (χ1v) is 7.80. The van der Waals surface area contributed by atoms with Gasteiger partial charge < -0.3 is 15.0 Å². The molecule has 1 aliphatic heterocycles. The molecule has 0 unspecified atom stereocenters. The summed E-state index contributed by atoms with van der Waals surface area (Å²) in [6.07, 6.45) is 2.29. The molecule has 0 amide bonds. The molecular weight excluding hydrogens is 264 g/mol. The van der Waals surface area contributed by atoms with Gasteiger partial charge in [-0.25, -0.2) is 0 Å². The Kier molecular flexibility index (Phi) is 5.53. The number of anilines is 1. The molecule has 21 heavy (non-hydrogen) atoms. The van der Waals surface area contributed by atoms with Crippen molar-refractivity contribution >= 4 is 5.82 Å². The van der Waals surface area contributed by atoms with Gasteiger partial charge in [0.15, 0.2) is 5.82 Å². The summed E-state index contributed by atoms with van der Waals surface area (Å²) in [5.41, 5.74) is 1.08. The van der Waals surface area contributed by atoms with Crippen LogP contribution in [0.25, 0.3) is 0 Å². The summed E-state index contributed by atoms with van der Waals surface area (Å²) >= 11 is 0. The Hall–Kier alpha value is -1.20. The molecule has 5 nitrogen and oxygen atoms in total. The van der Waals surface area contributed by atoms with Crippen molar-refractivity contribution in [3.05, 3.63) is 17.8 Å². The van der Waals surface area contributed by atoms with E-state index in [1.54, 1.807) is 0 Å². The molecule has 0 saturated carbocycles. The van der Waals surface area contributed by atoms with Crippen molar-refractivity contribution < 1.29 is 4.74 Å². The predicted octanol–water partition coefficient (Wildman–Crippen LogP) is 2.23. The molecule has 1 aromatic rings. The van der Waals surface area contributed by atoms with Gasteiger partial charge >= 0.3 is 0 Å². The molecule has 1 aliphatic rings. The van der Waals surface area contributed by atoms with E-state index in [2.05, 4.69) is 60.4 Å². The van der Waals surface area contributed by atoms with Crippen LogP contribution in [0.3, 0.4) is 0 Å². The number of ether oxygens (including phenoxy) is 1. The molecule has 1 N–H and O–H groups in total. The van der Waals surface area contributed by atoms with Gasteiger partial charge in [-0.3, -0.25) is 0 Å². The molecule has 2 rings (SSSR count). The molecule has 0 aromatic carbocycles. The number of rotatable bonds is 5. The van der Waals surface area contributed by atoms with Gasteiger partial charge in [-0.05, 0) is 51.7 Å². The van der Waals surface area contributed by atoms with Crippen molar-refractivity contribution in [3.8, 4) is 0 Å². The average molecular weight is 292 g/mol. The minimum atomic E-state index is 0.0974. The molecule has 1 aromatic heterocycles. The second kappa shape index (κ2) is 7.18. The highest BCUT2D eigenvalue weighted by molar-refractivity contribution is 5.36. The van der Waals surface area contributed by atoms with E-state index in [1.807, 2.05) is 0 Å². The Morgan fingerprint density at radius 2 is 1.95 bits per heavy atom. The molecule has 2 heterocycles. The fraction of sp³-hybridized carbons (Fsp3) is 0.750. The highest BCUT2D eigenvalue weighted by atomic mass is 16.5. The summed E-state index contributed by atoms with van der Waals surface area (Å²) in [5.74, 6) is 1.65. The fourth-order valence-electron chi connectivity index (χ4n) is 2.42. The first-order valence-electron chi connectivity index (χ1n) is 7.80. The third-order valence-electron chi connectivity index (χ3n) is 3.77. The van der Waals surface area contributed by atoms with Crippen LogP contribution in [0.5, 0.6) is 0 Å². The van der Waals surface area contributed by atoms with Crippen molar-refractivity contribution in [2.75, 3.05) is 31.7 Å². The molecular formula is C16H28N4O. The van der Waals surface area contributed by atoms with Crippen LogP contribution in [-0.2, 0) is 11.3 Å².